The summed E-state index contributed by atoms with van der Waals surface area (Å²) in [6.45, 7) is 1.50. The standard InChI is InChI=1S/C9H10BrNO2/c1-5(12)6-3-9(13-2)8(11)4-7(6)10/h3-4H,11H2,1-2H3. The van der Waals surface area contributed by atoms with Gasteiger partial charge < -0.3 is 10.5 Å². The molecule has 0 saturated heterocycles. The van der Waals surface area contributed by atoms with Gasteiger partial charge in [-0.1, -0.05) is 0 Å². The first-order chi connectivity index (χ1) is 6.06. The first-order valence-electron chi connectivity index (χ1n) is 3.70. The van der Waals surface area contributed by atoms with Crippen LogP contribution in [0.5, 0.6) is 5.75 Å². The minimum atomic E-state index is -0.0230. The second-order valence-electron chi connectivity index (χ2n) is 2.63. The Morgan fingerprint density at radius 3 is 2.62 bits per heavy atom. The maximum atomic E-state index is 11.1. The van der Waals surface area contributed by atoms with E-state index >= 15 is 0 Å². The number of hydrogen-bond donors (Lipinski definition) is 1. The molecule has 0 amide bonds. The third kappa shape index (κ3) is 2.01. The van der Waals surface area contributed by atoms with Crippen molar-refractivity contribution in [3.8, 4) is 5.75 Å². The van der Waals surface area contributed by atoms with E-state index in [0.29, 0.717) is 21.5 Å². The first-order valence-corrected chi connectivity index (χ1v) is 4.49. The van der Waals surface area contributed by atoms with E-state index in [-0.39, 0.29) is 5.78 Å². The van der Waals surface area contributed by atoms with Crippen LogP contribution < -0.4 is 10.5 Å². The summed E-state index contributed by atoms with van der Waals surface area (Å²) in [5.41, 5.74) is 6.72. The lowest BCUT2D eigenvalue weighted by molar-refractivity contribution is 0.101. The van der Waals surface area contributed by atoms with Crippen molar-refractivity contribution in [3.63, 3.8) is 0 Å². The minimum absolute atomic E-state index is 0.0230. The summed E-state index contributed by atoms with van der Waals surface area (Å²) in [4.78, 5) is 11.1. The molecule has 0 aromatic heterocycles. The molecule has 1 aromatic rings. The highest BCUT2D eigenvalue weighted by Crippen LogP contribution is 2.29. The summed E-state index contributed by atoms with van der Waals surface area (Å²) >= 11 is 3.25. The van der Waals surface area contributed by atoms with Crippen LogP contribution in [0, 0.1) is 0 Å². The van der Waals surface area contributed by atoms with Crippen molar-refractivity contribution >= 4 is 27.4 Å². The Labute approximate surface area is 85.0 Å². The highest BCUT2D eigenvalue weighted by Gasteiger charge is 2.09. The molecule has 0 spiro atoms. The third-order valence-electron chi connectivity index (χ3n) is 1.70. The molecule has 3 nitrogen and oxygen atoms in total. The normalized spacial score (nSPS) is 9.77. The molecule has 0 fully saturated rings. The fraction of sp³-hybridized carbons (Fsp3) is 0.222. The molecule has 0 aliphatic rings. The molecule has 1 rings (SSSR count). The Balaban J connectivity index is 3.30. The first kappa shape index (κ1) is 10.1. The minimum Gasteiger partial charge on any atom is -0.495 e. The number of benzene rings is 1. The molecule has 0 aliphatic carbocycles. The summed E-state index contributed by atoms with van der Waals surface area (Å²) in [5.74, 6) is 0.499. The maximum absolute atomic E-state index is 11.1. The molecule has 2 N–H and O–H groups in total. The van der Waals surface area contributed by atoms with Gasteiger partial charge in [0.1, 0.15) is 5.75 Å². The SMILES string of the molecule is COc1cc(C(C)=O)c(Br)cc1N. The van der Waals surface area contributed by atoms with Gasteiger partial charge in [0.05, 0.1) is 12.8 Å². The van der Waals surface area contributed by atoms with Crippen LogP contribution in [-0.2, 0) is 0 Å². The van der Waals surface area contributed by atoms with Gasteiger partial charge in [-0.2, -0.15) is 0 Å². The van der Waals surface area contributed by atoms with E-state index in [1.54, 1.807) is 12.1 Å². The Bertz CT molecular complexity index is 350. The number of ketones is 1. The molecule has 0 radical (unpaired) electrons. The molecule has 1 aromatic carbocycles. The van der Waals surface area contributed by atoms with Crippen LogP contribution in [0.15, 0.2) is 16.6 Å². The second kappa shape index (κ2) is 3.79. The highest BCUT2D eigenvalue weighted by molar-refractivity contribution is 9.10. The number of halogens is 1. The van der Waals surface area contributed by atoms with E-state index in [0.717, 1.165) is 0 Å². The van der Waals surface area contributed by atoms with E-state index in [4.69, 9.17) is 10.5 Å². The molecule has 0 atom stereocenters. The van der Waals surface area contributed by atoms with Gasteiger partial charge in [0.15, 0.2) is 5.78 Å². The molecule has 4 heteroatoms. The Kier molecular flexibility index (Phi) is 2.93. The van der Waals surface area contributed by atoms with Crippen LogP contribution in [0.2, 0.25) is 0 Å². The van der Waals surface area contributed by atoms with Crippen LogP contribution in [0.1, 0.15) is 17.3 Å². The lowest BCUT2D eigenvalue weighted by Crippen LogP contribution is -1.98. The van der Waals surface area contributed by atoms with Crippen LogP contribution in [0.4, 0.5) is 5.69 Å². The average Bonchev–Trinajstić information content (AvgIpc) is 2.03. The molecule has 0 heterocycles. The Hall–Kier alpha value is -1.03. The van der Waals surface area contributed by atoms with Gasteiger partial charge in [-0.3, -0.25) is 4.79 Å². The highest BCUT2D eigenvalue weighted by atomic mass is 79.9. The van der Waals surface area contributed by atoms with Gasteiger partial charge in [-0.25, -0.2) is 0 Å². The molecule has 0 unspecified atom stereocenters. The second-order valence-corrected chi connectivity index (χ2v) is 3.48. The topological polar surface area (TPSA) is 52.3 Å². The smallest absolute Gasteiger partial charge is 0.161 e. The third-order valence-corrected chi connectivity index (χ3v) is 2.35. The largest absolute Gasteiger partial charge is 0.495 e. The van der Waals surface area contributed by atoms with Gasteiger partial charge in [-0.05, 0) is 35.0 Å². The number of nitrogens with two attached hydrogens (primary N) is 1. The van der Waals surface area contributed by atoms with Crippen molar-refractivity contribution in [3.05, 3.63) is 22.2 Å². The lowest BCUT2D eigenvalue weighted by Gasteiger charge is -2.07. The van der Waals surface area contributed by atoms with Gasteiger partial charge >= 0.3 is 0 Å². The van der Waals surface area contributed by atoms with Crippen molar-refractivity contribution in [2.75, 3.05) is 12.8 Å². The molecular weight excluding hydrogens is 234 g/mol. The Morgan fingerprint density at radius 1 is 1.54 bits per heavy atom. The van der Waals surface area contributed by atoms with Crippen LogP contribution >= 0.6 is 15.9 Å². The van der Waals surface area contributed by atoms with Crippen molar-refractivity contribution in [1.29, 1.82) is 0 Å². The van der Waals surface area contributed by atoms with Gasteiger partial charge in [-0.15, -0.1) is 0 Å². The van der Waals surface area contributed by atoms with Crippen LogP contribution in [0.3, 0.4) is 0 Å². The monoisotopic (exact) mass is 243 g/mol. The number of anilines is 1. The number of rotatable bonds is 2. The number of carbonyl (C=O) groups is 1. The van der Waals surface area contributed by atoms with Crippen molar-refractivity contribution in [1.82, 2.24) is 0 Å². The lowest BCUT2D eigenvalue weighted by atomic mass is 10.1. The number of ether oxygens (including phenoxy) is 1. The molecule has 0 bridgehead atoms. The van der Waals surface area contributed by atoms with E-state index < -0.39 is 0 Å². The van der Waals surface area contributed by atoms with Gasteiger partial charge in [0.25, 0.3) is 0 Å². The van der Waals surface area contributed by atoms with E-state index in [1.807, 2.05) is 0 Å². The zero-order chi connectivity index (χ0) is 10.0. The van der Waals surface area contributed by atoms with E-state index in [1.165, 1.54) is 14.0 Å². The summed E-state index contributed by atoms with van der Waals surface area (Å²) in [5, 5.41) is 0. The molecule has 70 valence electrons. The van der Waals surface area contributed by atoms with Crippen molar-refractivity contribution < 1.29 is 9.53 Å². The summed E-state index contributed by atoms with van der Waals surface area (Å²) in [6.07, 6.45) is 0. The van der Waals surface area contributed by atoms with Gasteiger partial charge in [0, 0.05) is 10.0 Å². The fourth-order valence-electron chi connectivity index (χ4n) is 1.02. The predicted molar refractivity (Wildman–Crippen MR) is 55.1 cm³/mol. The van der Waals surface area contributed by atoms with E-state index in [9.17, 15) is 4.79 Å². The van der Waals surface area contributed by atoms with Crippen molar-refractivity contribution in [2.24, 2.45) is 0 Å². The average molecular weight is 244 g/mol. The number of carbonyl (C=O) groups excluding carboxylic acids is 1. The number of Topliss-reactive ketones (excluding diaryl/α,β-unsaturated/α-hetero) is 1. The quantitative estimate of drug-likeness (QED) is 0.641. The summed E-state index contributed by atoms with van der Waals surface area (Å²) in [7, 11) is 1.52. The maximum Gasteiger partial charge on any atom is 0.161 e. The predicted octanol–water partition coefficient (Wildman–Crippen LogP) is 2.24. The summed E-state index contributed by atoms with van der Waals surface area (Å²) in [6, 6.07) is 3.29. The zero-order valence-corrected chi connectivity index (χ0v) is 9.01. The molecule has 0 aliphatic heterocycles. The summed E-state index contributed by atoms with van der Waals surface area (Å²) < 4.78 is 5.69. The number of hydrogen-bond acceptors (Lipinski definition) is 3. The zero-order valence-electron chi connectivity index (χ0n) is 7.43. The molecular formula is C9H10BrNO2. The van der Waals surface area contributed by atoms with Gasteiger partial charge in [0.2, 0.25) is 0 Å². The van der Waals surface area contributed by atoms with Crippen LogP contribution in [-0.4, -0.2) is 12.9 Å². The molecule has 0 saturated carbocycles. The van der Waals surface area contributed by atoms with E-state index in [2.05, 4.69) is 15.9 Å². The number of nitrogen functional groups attached to an aromatic ring is 1. The Morgan fingerprint density at radius 2 is 2.15 bits per heavy atom. The fourth-order valence-corrected chi connectivity index (χ4v) is 1.66. The number of methoxy groups -OCH3 is 1. The van der Waals surface area contributed by atoms with Crippen molar-refractivity contribution in [2.45, 2.75) is 6.92 Å². The van der Waals surface area contributed by atoms with Crippen LogP contribution in [0.25, 0.3) is 0 Å². The molecule has 13 heavy (non-hydrogen) atoms.